The zero-order valence-electron chi connectivity index (χ0n) is 16.4. The summed E-state index contributed by atoms with van der Waals surface area (Å²) in [5.41, 5.74) is 3.57. The molecule has 7 nitrogen and oxygen atoms in total. The molecule has 0 radical (unpaired) electrons. The van der Waals surface area contributed by atoms with E-state index in [9.17, 15) is 23.3 Å². The number of nitrogens with zero attached hydrogens (tertiary/aromatic N) is 3. The fourth-order valence-electron chi connectivity index (χ4n) is 3.54. The number of halogens is 3. The van der Waals surface area contributed by atoms with Crippen molar-refractivity contribution in [1.29, 1.82) is 0 Å². The number of benzene rings is 2. The molecule has 1 atom stereocenters. The molecule has 1 aliphatic rings. The normalized spacial score (nSPS) is 17.2. The Balaban J connectivity index is 1.99. The lowest BCUT2D eigenvalue weighted by Gasteiger charge is -2.27. The highest BCUT2D eigenvalue weighted by Gasteiger charge is 2.42. The number of rotatable bonds is 7. The van der Waals surface area contributed by atoms with Gasteiger partial charge in [-0.25, -0.2) is 0 Å². The summed E-state index contributed by atoms with van der Waals surface area (Å²) >= 11 is 0. The Morgan fingerprint density at radius 2 is 1.97 bits per heavy atom. The average molecular weight is 424 g/mol. The molecule has 3 rings (SSSR count). The van der Waals surface area contributed by atoms with Crippen molar-refractivity contribution in [2.45, 2.75) is 18.6 Å². The molecule has 0 unspecified atom stereocenters. The molecule has 0 amide bonds. The van der Waals surface area contributed by atoms with Crippen LogP contribution < -0.4 is 15.4 Å². The number of hydrogen-bond acceptors (Lipinski definition) is 6. The van der Waals surface area contributed by atoms with E-state index in [2.05, 4.69) is 0 Å². The van der Waals surface area contributed by atoms with E-state index in [1.807, 2.05) is 4.90 Å². The Labute approximate surface area is 172 Å². The maximum atomic E-state index is 14.1. The highest BCUT2D eigenvalue weighted by atomic mass is 19.4. The Hall–Kier alpha value is -2.85. The summed E-state index contributed by atoms with van der Waals surface area (Å²) in [6.07, 6.45) is -4.03. The first-order valence-electron chi connectivity index (χ1n) is 9.47. The fourth-order valence-corrected chi connectivity index (χ4v) is 3.54. The third-order valence-electron chi connectivity index (χ3n) is 5.01. The molecule has 0 spiro atoms. The van der Waals surface area contributed by atoms with Gasteiger partial charge in [-0.05, 0) is 31.2 Å². The lowest BCUT2D eigenvalue weighted by atomic mass is 10.1. The molecule has 2 N–H and O–H groups in total. The van der Waals surface area contributed by atoms with E-state index >= 15 is 0 Å². The zero-order chi connectivity index (χ0) is 21.9. The van der Waals surface area contributed by atoms with Gasteiger partial charge in [0, 0.05) is 38.8 Å². The van der Waals surface area contributed by atoms with Crippen molar-refractivity contribution in [1.82, 2.24) is 4.90 Å². The number of alkyl halides is 3. The number of nitro benzene ring substituents is 1. The van der Waals surface area contributed by atoms with E-state index in [-0.39, 0.29) is 18.3 Å². The van der Waals surface area contributed by atoms with Crippen LogP contribution >= 0.6 is 0 Å². The summed E-state index contributed by atoms with van der Waals surface area (Å²) < 4.78 is 47.6. The third kappa shape index (κ3) is 5.00. The highest BCUT2D eigenvalue weighted by Crippen LogP contribution is 2.47. The van der Waals surface area contributed by atoms with Crippen LogP contribution in [0.2, 0.25) is 0 Å². The topological polar surface area (TPSA) is 84.9 Å². The first-order chi connectivity index (χ1) is 14.2. The average Bonchev–Trinajstić information content (AvgIpc) is 3.10. The first kappa shape index (κ1) is 21.8. The lowest BCUT2D eigenvalue weighted by Crippen LogP contribution is -2.34. The molecule has 10 heteroatoms. The molecule has 30 heavy (non-hydrogen) atoms. The molecular formula is C20H23F3N4O3. The fraction of sp³-hybridized carbons (Fsp3) is 0.400. The van der Waals surface area contributed by atoms with Gasteiger partial charge in [-0.2, -0.15) is 13.2 Å². The number of likely N-dealkylation sites (tertiary alicyclic amines) is 1. The molecule has 0 bridgehead atoms. The van der Waals surface area contributed by atoms with Crippen LogP contribution in [0.15, 0.2) is 42.5 Å². The monoisotopic (exact) mass is 424 g/mol. The zero-order valence-corrected chi connectivity index (χ0v) is 16.4. The highest BCUT2D eigenvalue weighted by molar-refractivity contribution is 5.72. The summed E-state index contributed by atoms with van der Waals surface area (Å²) in [5, 5.41) is 11.5. The van der Waals surface area contributed by atoms with Gasteiger partial charge < -0.3 is 15.4 Å². The number of anilines is 1. The van der Waals surface area contributed by atoms with E-state index in [0.717, 1.165) is 25.1 Å². The quantitative estimate of drug-likeness (QED) is 0.537. The van der Waals surface area contributed by atoms with Crippen LogP contribution in [0.1, 0.15) is 12.0 Å². The number of hydrogen-bond donors (Lipinski definition) is 1. The maximum Gasteiger partial charge on any atom is 0.422 e. The molecule has 0 saturated carbocycles. The van der Waals surface area contributed by atoms with Crippen LogP contribution in [-0.2, 0) is 6.18 Å². The second kappa shape index (κ2) is 8.88. The molecule has 0 aromatic heterocycles. The van der Waals surface area contributed by atoms with E-state index < -0.39 is 33.8 Å². The summed E-state index contributed by atoms with van der Waals surface area (Å²) in [5.74, 6) is -0.277. The minimum absolute atomic E-state index is 0.0398. The third-order valence-corrected chi connectivity index (χ3v) is 5.01. The molecule has 1 fully saturated rings. The summed E-state index contributed by atoms with van der Waals surface area (Å²) in [7, 11) is 1.42. The predicted octanol–water partition coefficient (Wildman–Crippen LogP) is 3.88. The number of ether oxygens (including phenoxy) is 1. The maximum absolute atomic E-state index is 14.1. The smallest absolute Gasteiger partial charge is 0.422 e. The molecular weight excluding hydrogens is 401 g/mol. The van der Waals surface area contributed by atoms with Crippen LogP contribution in [-0.4, -0.2) is 49.1 Å². The molecule has 0 aliphatic carbocycles. The van der Waals surface area contributed by atoms with Gasteiger partial charge in [-0.15, -0.1) is 0 Å². The Kier molecular flexibility index (Phi) is 6.47. The van der Waals surface area contributed by atoms with Crippen LogP contribution in [0, 0.1) is 10.1 Å². The Morgan fingerprint density at radius 3 is 2.53 bits per heavy atom. The molecule has 162 valence electrons. The molecule has 2 aromatic rings. The van der Waals surface area contributed by atoms with Crippen LogP contribution in [0.4, 0.5) is 24.5 Å². The van der Waals surface area contributed by atoms with Crippen molar-refractivity contribution in [3.63, 3.8) is 0 Å². The number of likely N-dealkylation sites (N-methyl/N-ethyl adjacent to an activating group) is 1. The number of nitrogens with two attached hydrogens (primary N) is 1. The van der Waals surface area contributed by atoms with Crippen LogP contribution in [0.3, 0.4) is 0 Å². The van der Waals surface area contributed by atoms with Crippen molar-refractivity contribution in [2.75, 3.05) is 38.1 Å². The summed E-state index contributed by atoms with van der Waals surface area (Å²) in [4.78, 5) is 14.0. The second-order valence-corrected chi connectivity index (χ2v) is 7.25. The van der Waals surface area contributed by atoms with Gasteiger partial charge in [-0.1, -0.05) is 18.2 Å². The van der Waals surface area contributed by atoms with E-state index in [4.69, 9.17) is 10.5 Å². The van der Waals surface area contributed by atoms with Gasteiger partial charge in [0.15, 0.2) is 0 Å². The van der Waals surface area contributed by atoms with Gasteiger partial charge in [0.1, 0.15) is 22.7 Å². The first-order valence-corrected chi connectivity index (χ1v) is 9.47. The largest absolute Gasteiger partial charge is 0.457 e. The van der Waals surface area contributed by atoms with Crippen molar-refractivity contribution in [2.24, 2.45) is 5.73 Å². The van der Waals surface area contributed by atoms with E-state index in [0.29, 0.717) is 13.1 Å². The molecule has 2 aromatic carbocycles. The summed E-state index contributed by atoms with van der Waals surface area (Å²) in [6.45, 7) is 2.02. The minimum Gasteiger partial charge on any atom is -0.457 e. The van der Waals surface area contributed by atoms with Crippen LogP contribution in [0.25, 0.3) is 0 Å². The van der Waals surface area contributed by atoms with Crippen molar-refractivity contribution in [3.05, 3.63) is 58.1 Å². The second-order valence-electron chi connectivity index (χ2n) is 7.25. The standard InChI is InChI=1S/C20H23F3N4O3/c1-25(11-12-26-10-9-14(24)13-26)19-16(27(28)29)7-8-17(18(19)20(21,22)23)30-15-5-3-2-4-6-15/h2-8,14H,9-13,24H2,1H3/t14-/m1/s1. The lowest BCUT2D eigenvalue weighted by molar-refractivity contribution is -0.384. The van der Waals surface area contributed by atoms with Gasteiger partial charge in [0.2, 0.25) is 0 Å². The Bertz CT molecular complexity index is 893. The van der Waals surface area contributed by atoms with Crippen molar-refractivity contribution < 1.29 is 22.8 Å². The van der Waals surface area contributed by atoms with Gasteiger partial charge in [-0.3, -0.25) is 15.0 Å². The van der Waals surface area contributed by atoms with Crippen molar-refractivity contribution in [3.8, 4) is 11.5 Å². The minimum atomic E-state index is -4.85. The van der Waals surface area contributed by atoms with Crippen LogP contribution in [0.5, 0.6) is 11.5 Å². The van der Waals surface area contributed by atoms with E-state index in [1.54, 1.807) is 18.2 Å². The molecule has 1 saturated heterocycles. The van der Waals surface area contributed by atoms with Gasteiger partial charge in [0.05, 0.1) is 4.92 Å². The van der Waals surface area contributed by atoms with Gasteiger partial charge in [0.25, 0.3) is 5.69 Å². The summed E-state index contributed by atoms with van der Waals surface area (Å²) in [6, 6.07) is 10.1. The number of nitro groups is 1. The number of para-hydroxylation sites is 1. The SMILES string of the molecule is CN(CCN1CC[C@@H](N)C1)c1c([N+](=O)[O-])ccc(Oc2ccccc2)c1C(F)(F)F. The molecule has 1 heterocycles. The predicted molar refractivity (Wildman–Crippen MR) is 107 cm³/mol. The Morgan fingerprint density at radius 1 is 1.27 bits per heavy atom. The van der Waals surface area contributed by atoms with E-state index in [1.165, 1.54) is 24.1 Å². The molecule has 1 aliphatic heterocycles. The van der Waals surface area contributed by atoms with Gasteiger partial charge >= 0.3 is 6.18 Å². The van der Waals surface area contributed by atoms with Crippen molar-refractivity contribution >= 4 is 11.4 Å².